The molecule has 6 heteroatoms. The van der Waals surface area contributed by atoms with Gasteiger partial charge in [-0.2, -0.15) is 0 Å². The fraction of sp³-hybridized carbons (Fsp3) is 0.214. The summed E-state index contributed by atoms with van der Waals surface area (Å²) in [5.74, 6) is 0.836. The van der Waals surface area contributed by atoms with Crippen LogP contribution in [0.15, 0.2) is 40.4 Å². The number of thiazole rings is 1. The molecule has 0 amide bonds. The number of hydrogen-bond acceptors (Lipinski definition) is 6. The predicted molar refractivity (Wildman–Crippen MR) is 77.1 cm³/mol. The van der Waals surface area contributed by atoms with Gasteiger partial charge in [0.25, 0.3) is 0 Å². The number of aryl methyl sites for hydroxylation is 1. The molecule has 3 aromatic rings. The second-order valence-electron chi connectivity index (χ2n) is 4.40. The van der Waals surface area contributed by atoms with Crippen molar-refractivity contribution in [2.24, 2.45) is 0 Å². The molecule has 3 heterocycles. The van der Waals surface area contributed by atoms with Crippen molar-refractivity contribution in [3.05, 3.63) is 53.0 Å². The van der Waals surface area contributed by atoms with Crippen molar-refractivity contribution in [2.75, 3.05) is 0 Å². The summed E-state index contributed by atoms with van der Waals surface area (Å²) in [5, 5.41) is 10.1. The molecule has 0 aromatic carbocycles. The minimum Gasteiger partial charge on any atom is -0.360 e. The maximum atomic E-state index is 5.14. The molecule has 5 nitrogen and oxygen atoms in total. The lowest BCUT2D eigenvalue weighted by Crippen LogP contribution is -2.12. The van der Waals surface area contributed by atoms with Crippen LogP contribution in [0.2, 0.25) is 0 Å². The lowest BCUT2D eigenvalue weighted by molar-refractivity contribution is 0.369. The summed E-state index contributed by atoms with van der Waals surface area (Å²) in [6.07, 6.45) is 1.78. The Hall–Kier alpha value is -2.05. The minimum atomic E-state index is 0.650. The highest BCUT2D eigenvalue weighted by Crippen LogP contribution is 2.21. The van der Waals surface area contributed by atoms with Crippen molar-refractivity contribution >= 4 is 11.3 Å². The van der Waals surface area contributed by atoms with Crippen LogP contribution < -0.4 is 5.32 Å². The molecular weight excluding hydrogens is 272 g/mol. The quantitative estimate of drug-likeness (QED) is 0.781. The van der Waals surface area contributed by atoms with Gasteiger partial charge in [-0.3, -0.25) is 4.98 Å². The van der Waals surface area contributed by atoms with Crippen LogP contribution in [0.1, 0.15) is 17.1 Å². The van der Waals surface area contributed by atoms with E-state index in [4.69, 9.17) is 4.52 Å². The van der Waals surface area contributed by atoms with E-state index in [-0.39, 0.29) is 0 Å². The van der Waals surface area contributed by atoms with E-state index in [0.717, 1.165) is 27.8 Å². The van der Waals surface area contributed by atoms with Gasteiger partial charge in [0.15, 0.2) is 5.76 Å². The molecule has 0 saturated heterocycles. The number of nitrogens with zero attached hydrogens (tertiary/aromatic N) is 3. The molecule has 3 rings (SSSR count). The smallest absolute Gasteiger partial charge is 0.150 e. The number of nitrogens with one attached hydrogen (secondary N) is 1. The molecule has 102 valence electrons. The summed E-state index contributed by atoms with van der Waals surface area (Å²) in [4.78, 5) is 8.86. The number of pyridine rings is 1. The largest absolute Gasteiger partial charge is 0.360 e. The van der Waals surface area contributed by atoms with Crippen molar-refractivity contribution in [3.63, 3.8) is 0 Å². The third-order valence-corrected chi connectivity index (χ3v) is 3.63. The number of hydrogen-bond donors (Lipinski definition) is 1. The van der Waals surface area contributed by atoms with Crippen LogP contribution >= 0.6 is 11.3 Å². The molecule has 0 spiro atoms. The monoisotopic (exact) mass is 286 g/mol. The molecule has 0 unspecified atom stereocenters. The van der Waals surface area contributed by atoms with E-state index in [0.29, 0.717) is 13.1 Å². The maximum absolute atomic E-state index is 5.14. The summed E-state index contributed by atoms with van der Waals surface area (Å²) < 4.78 is 5.14. The van der Waals surface area contributed by atoms with Gasteiger partial charge in [-0.05, 0) is 19.1 Å². The molecule has 3 aromatic heterocycles. The second-order valence-corrected chi connectivity index (χ2v) is 5.26. The van der Waals surface area contributed by atoms with Crippen LogP contribution in [-0.2, 0) is 13.1 Å². The molecule has 0 aliphatic heterocycles. The van der Waals surface area contributed by atoms with E-state index >= 15 is 0 Å². The number of aromatic nitrogens is 3. The molecule has 1 N–H and O–H groups in total. The highest BCUT2D eigenvalue weighted by molar-refractivity contribution is 7.13. The van der Waals surface area contributed by atoms with Gasteiger partial charge >= 0.3 is 0 Å². The average Bonchev–Trinajstić information content (AvgIpc) is 3.09. The van der Waals surface area contributed by atoms with Gasteiger partial charge in [0.05, 0.1) is 23.6 Å². The third-order valence-electron chi connectivity index (χ3n) is 2.72. The molecule has 0 atom stereocenters. The summed E-state index contributed by atoms with van der Waals surface area (Å²) in [6.45, 7) is 3.26. The van der Waals surface area contributed by atoms with Gasteiger partial charge < -0.3 is 9.84 Å². The van der Waals surface area contributed by atoms with E-state index in [9.17, 15) is 0 Å². The highest BCUT2D eigenvalue weighted by atomic mass is 32.1. The Labute approximate surface area is 120 Å². The Bertz CT molecular complexity index is 677. The molecule has 0 radical (unpaired) electrons. The van der Waals surface area contributed by atoms with Crippen molar-refractivity contribution in [3.8, 4) is 10.7 Å². The van der Waals surface area contributed by atoms with E-state index in [1.165, 1.54) is 0 Å². The van der Waals surface area contributed by atoms with Crippen LogP contribution in [0.25, 0.3) is 10.7 Å². The standard InChI is InChI=1S/C14H14N4OS/c1-10-6-12(19-18-10)8-15-7-11-9-20-14(17-11)13-4-2-3-5-16-13/h2-6,9,15H,7-8H2,1H3. The van der Waals surface area contributed by atoms with Gasteiger partial charge in [-0.15, -0.1) is 11.3 Å². The Morgan fingerprint density at radius 1 is 1.30 bits per heavy atom. The Morgan fingerprint density at radius 2 is 2.25 bits per heavy atom. The van der Waals surface area contributed by atoms with Gasteiger partial charge in [0.2, 0.25) is 0 Å². The van der Waals surface area contributed by atoms with Gasteiger partial charge in [0, 0.05) is 24.2 Å². The highest BCUT2D eigenvalue weighted by Gasteiger charge is 2.06. The summed E-state index contributed by atoms with van der Waals surface area (Å²) in [6, 6.07) is 7.76. The van der Waals surface area contributed by atoms with Gasteiger partial charge in [-0.25, -0.2) is 4.98 Å². The summed E-state index contributed by atoms with van der Waals surface area (Å²) >= 11 is 1.60. The fourth-order valence-electron chi connectivity index (χ4n) is 1.81. The average molecular weight is 286 g/mol. The van der Waals surface area contributed by atoms with Gasteiger partial charge in [0.1, 0.15) is 5.01 Å². The van der Waals surface area contributed by atoms with Gasteiger partial charge in [-0.1, -0.05) is 11.2 Å². The van der Waals surface area contributed by atoms with Crippen LogP contribution in [0.3, 0.4) is 0 Å². The van der Waals surface area contributed by atoms with Crippen LogP contribution in [-0.4, -0.2) is 15.1 Å². The SMILES string of the molecule is Cc1cc(CNCc2csc(-c3ccccn3)n2)on1. The zero-order chi connectivity index (χ0) is 13.8. The first kappa shape index (κ1) is 13.0. The predicted octanol–water partition coefficient (Wildman–Crippen LogP) is 2.79. The summed E-state index contributed by atoms with van der Waals surface area (Å²) in [5.41, 5.74) is 2.81. The zero-order valence-electron chi connectivity index (χ0n) is 11.0. The summed E-state index contributed by atoms with van der Waals surface area (Å²) in [7, 11) is 0. The topological polar surface area (TPSA) is 63.8 Å². The first-order valence-electron chi connectivity index (χ1n) is 6.30. The lowest BCUT2D eigenvalue weighted by Gasteiger charge is -1.98. The van der Waals surface area contributed by atoms with E-state index in [1.807, 2.05) is 36.6 Å². The first-order valence-corrected chi connectivity index (χ1v) is 7.18. The second kappa shape index (κ2) is 5.94. The Morgan fingerprint density at radius 3 is 3.00 bits per heavy atom. The fourth-order valence-corrected chi connectivity index (χ4v) is 2.60. The lowest BCUT2D eigenvalue weighted by atomic mass is 10.3. The molecule has 0 aliphatic carbocycles. The molecular formula is C14H14N4OS. The normalized spacial score (nSPS) is 10.8. The number of rotatable bonds is 5. The molecule has 0 aliphatic rings. The van der Waals surface area contributed by atoms with E-state index < -0.39 is 0 Å². The molecule has 0 fully saturated rings. The molecule has 0 bridgehead atoms. The Balaban J connectivity index is 1.58. The Kier molecular flexibility index (Phi) is 3.85. The van der Waals surface area contributed by atoms with Crippen molar-refractivity contribution in [1.29, 1.82) is 0 Å². The van der Waals surface area contributed by atoms with Crippen LogP contribution in [0.5, 0.6) is 0 Å². The van der Waals surface area contributed by atoms with Crippen LogP contribution in [0.4, 0.5) is 0 Å². The van der Waals surface area contributed by atoms with Crippen molar-refractivity contribution in [1.82, 2.24) is 20.4 Å². The van der Waals surface area contributed by atoms with Crippen molar-refractivity contribution in [2.45, 2.75) is 20.0 Å². The minimum absolute atomic E-state index is 0.650. The molecule has 20 heavy (non-hydrogen) atoms. The zero-order valence-corrected chi connectivity index (χ0v) is 11.9. The van der Waals surface area contributed by atoms with Crippen molar-refractivity contribution < 1.29 is 4.52 Å². The maximum Gasteiger partial charge on any atom is 0.150 e. The van der Waals surface area contributed by atoms with E-state index in [1.54, 1.807) is 17.5 Å². The molecule has 0 saturated carbocycles. The third kappa shape index (κ3) is 3.09. The van der Waals surface area contributed by atoms with Crippen LogP contribution in [0, 0.1) is 6.92 Å². The van der Waals surface area contributed by atoms with E-state index in [2.05, 4.69) is 20.4 Å². The first-order chi connectivity index (χ1) is 9.81.